The molecule has 2 aliphatic rings. The Labute approximate surface area is 399 Å². The van der Waals surface area contributed by atoms with Crippen LogP contribution in [0.25, 0.3) is 0 Å². The fourth-order valence-corrected chi connectivity index (χ4v) is 8.02. The summed E-state index contributed by atoms with van der Waals surface area (Å²) < 4.78 is 5.83. The van der Waals surface area contributed by atoms with E-state index in [1.807, 2.05) is 0 Å². The first-order valence-corrected chi connectivity index (χ1v) is 22.7. The van der Waals surface area contributed by atoms with E-state index < -0.39 is 120 Å². The number of likely N-dealkylation sites (N-methyl/N-ethyl adjacent to an activating group) is 1. The molecule has 0 aromatic heterocycles. The number of aliphatic hydroxyl groups is 1. The number of aliphatic imine (C=N–C) groups is 1. The number of ether oxygens (including phenoxy) is 1. The summed E-state index contributed by atoms with van der Waals surface area (Å²) in [6, 6.07) is 3.63. The number of amides is 7. The first kappa shape index (κ1) is 54.3. The molecule has 2 aliphatic heterocycles. The number of fused-ring (bicyclic) bond motifs is 2. The molecule has 0 saturated carbocycles. The van der Waals surface area contributed by atoms with Crippen molar-refractivity contribution in [2.24, 2.45) is 22.4 Å². The van der Waals surface area contributed by atoms with E-state index in [4.69, 9.17) is 16.2 Å². The summed E-state index contributed by atoms with van der Waals surface area (Å²) in [6.07, 6.45) is -4.44. The molecule has 0 unspecified atom stereocenters. The number of esters is 1. The number of hydrogen-bond acceptors (Lipinski definition) is 13. The average Bonchev–Trinajstić information content (AvgIpc) is 3.29. The van der Waals surface area contributed by atoms with Crippen molar-refractivity contribution in [2.75, 3.05) is 13.6 Å². The zero-order valence-corrected chi connectivity index (χ0v) is 39.3. The number of carboxylic acid groups (broad SMARTS) is 1. The number of carbonyl (C=O) groups is 9. The van der Waals surface area contributed by atoms with Crippen molar-refractivity contribution in [1.29, 1.82) is 0 Å². The largest absolute Gasteiger partial charge is 0.508 e. The summed E-state index contributed by atoms with van der Waals surface area (Å²) in [4.78, 5) is 131. The molecule has 12 N–H and O–H groups in total. The Bertz CT molecular complexity index is 2190. The maximum Gasteiger partial charge on any atom is 0.329 e. The Kier molecular flexibility index (Phi) is 19.8. The van der Waals surface area contributed by atoms with Crippen LogP contribution >= 0.6 is 0 Å². The smallest absolute Gasteiger partial charge is 0.329 e. The Morgan fingerprint density at radius 3 is 2.13 bits per heavy atom. The number of nitrogens with two attached hydrogens (primary N) is 2. The molecule has 10 atom stereocenters. The zero-order valence-electron chi connectivity index (χ0n) is 39.3. The highest BCUT2D eigenvalue weighted by Gasteiger charge is 2.46. The van der Waals surface area contributed by atoms with E-state index >= 15 is 4.79 Å². The van der Waals surface area contributed by atoms with Gasteiger partial charge >= 0.3 is 11.9 Å². The van der Waals surface area contributed by atoms with E-state index in [0.29, 0.717) is 11.1 Å². The van der Waals surface area contributed by atoms with Gasteiger partial charge in [-0.25, -0.2) is 4.79 Å². The van der Waals surface area contributed by atoms with Gasteiger partial charge in [-0.2, -0.15) is 0 Å². The number of rotatable bonds is 15. The summed E-state index contributed by atoms with van der Waals surface area (Å²) in [6.45, 7) is 5.61. The number of phenolic OH excluding ortho intramolecular Hbond substituents is 1. The number of piperidine rings is 1. The third kappa shape index (κ3) is 15.4. The normalized spacial score (nSPS) is 25.0. The van der Waals surface area contributed by atoms with Crippen molar-refractivity contribution in [3.05, 3.63) is 65.7 Å². The number of benzene rings is 2. The second-order valence-electron chi connectivity index (χ2n) is 17.3. The molecule has 69 heavy (non-hydrogen) atoms. The lowest BCUT2D eigenvalue weighted by Gasteiger charge is -2.43. The minimum absolute atomic E-state index is 0.0146. The number of aliphatic carboxylic acids is 1. The average molecular weight is 965 g/mol. The number of phenols is 1. The summed E-state index contributed by atoms with van der Waals surface area (Å²) in [5.74, 6) is -10.0. The quantitative estimate of drug-likeness (QED) is 0.0411. The van der Waals surface area contributed by atoms with Gasteiger partial charge < -0.3 is 67.9 Å². The van der Waals surface area contributed by atoms with Crippen molar-refractivity contribution < 1.29 is 63.2 Å². The number of nitrogens with zero attached hydrogens (tertiary/aromatic N) is 3. The monoisotopic (exact) mass is 964 g/mol. The van der Waals surface area contributed by atoms with Crippen molar-refractivity contribution in [3.63, 3.8) is 0 Å². The number of nitrogens with one attached hydrogen (secondary N) is 5. The molecule has 7 amide bonds. The van der Waals surface area contributed by atoms with E-state index in [0.717, 1.165) is 16.7 Å². The predicted molar refractivity (Wildman–Crippen MR) is 247 cm³/mol. The van der Waals surface area contributed by atoms with Crippen LogP contribution in [0.3, 0.4) is 0 Å². The maximum absolute atomic E-state index is 15.1. The lowest BCUT2D eigenvalue weighted by atomic mass is 9.95. The standard InChI is InChI=1S/C46H64N10O13/c1-6-24(2)37-45(68)69-25(3)38(54-40(63)32(23-36(60)61)50-26(4)57)42(65)51-30(13-10-20-49-46(47)48)39(62)52-31-18-19-35(59)56(43(31)66)34(22-27-11-8-7-9-12-27)44(67)55(5)33(41(64)53-37)21-28-14-16-29(58)17-15-28/h7-9,11-12,14-17,24-25,30-35,37-38,58-59H,6,10,13,18-23H2,1-5H3,(H,50,57)(H,51,65)(H,52,62)(H,53,64)(H,54,63)(H,60,61)(H4,47,48,49)/t24-,25+,30-,31+,32-,33-,34+,35+,37-,38-/m0/s1. The summed E-state index contributed by atoms with van der Waals surface area (Å²) in [5, 5.41) is 43.6. The highest BCUT2D eigenvalue weighted by molar-refractivity contribution is 5.98. The molecule has 23 nitrogen and oxygen atoms in total. The first-order chi connectivity index (χ1) is 32.6. The van der Waals surface area contributed by atoms with Gasteiger partial charge in [-0.15, -0.1) is 0 Å². The van der Waals surface area contributed by atoms with Crippen LogP contribution in [0.2, 0.25) is 0 Å². The highest BCUT2D eigenvalue weighted by Crippen LogP contribution is 2.26. The summed E-state index contributed by atoms with van der Waals surface area (Å²) in [5.41, 5.74) is 12.1. The van der Waals surface area contributed by atoms with Crippen molar-refractivity contribution in [2.45, 2.75) is 134 Å². The Morgan fingerprint density at radius 2 is 1.52 bits per heavy atom. The predicted octanol–water partition coefficient (Wildman–Crippen LogP) is -1.72. The first-order valence-electron chi connectivity index (χ1n) is 22.7. The lowest BCUT2D eigenvalue weighted by molar-refractivity contribution is -0.165. The SMILES string of the molecule is CC[C@H](C)[C@@H]1NC(=O)[C@H](Cc2ccc(O)cc2)N(C)C(=O)[C@@H](Cc2ccccc2)N2C(=O)[C@@H](CC[C@H]2O)NC(=O)[C@H](CCCN=C(N)N)NC(=O)[C@@H](NC(=O)[C@H](CC(=O)O)NC(C)=O)[C@@H](C)OC1=O. The van der Waals surface area contributed by atoms with Crippen LogP contribution in [0.5, 0.6) is 5.75 Å². The number of hydrogen-bond donors (Lipinski definition) is 10. The van der Waals surface area contributed by atoms with E-state index in [9.17, 15) is 53.7 Å². The number of carboxylic acids is 1. The molecule has 2 aromatic carbocycles. The molecule has 23 heteroatoms. The maximum atomic E-state index is 15.1. The molecule has 2 aromatic rings. The van der Waals surface area contributed by atoms with Gasteiger partial charge in [0, 0.05) is 33.4 Å². The molecule has 0 aliphatic carbocycles. The number of aliphatic hydroxyl groups excluding tert-OH is 1. The van der Waals surface area contributed by atoms with Gasteiger partial charge in [-0.3, -0.25) is 43.3 Å². The van der Waals surface area contributed by atoms with Crippen LogP contribution in [-0.4, -0.2) is 153 Å². The molecule has 0 radical (unpaired) electrons. The molecular weight excluding hydrogens is 901 g/mol. The van der Waals surface area contributed by atoms with E-state index in [1.165, 1.54) is 38.2 Å². The zero-order chi connectivity index (χ0) is 51.1. The fourth-order valence-electron chi connectivity index (χ4n) is 8.02. The van der Waals surface area contributed by atoms with E-state index in [-0.39, 0.29) is 63.2 Å². The molecular formula is C46H64N10O13. The topological polar surface area (TPSA) is 355 Å². The second kappa shape index (κ2) is 25.2. The van der Waals surface area contributed by atoms with Crippen LogP contribution in [-0.2, 0) is 60.7 Å². The van der Waals surface area contributed by atoms with Gasteiger partial charge in [0.05, 0.1) is 6.42 Å². The molecule has 2 bridgehead atoms. The molecule has 4 rings (SSSR count). The number of aromatic hydroxyl groups is 1. The van der Waals surface area contributed by atoms with Gasteiger partial charge in [-0.1, -0.05) is 62.7 Å². The number of cyclic esters (lactones) is 1. The van der Waals surface area contributed by atoms with Crippen LogP contribution in [0.4, 0.5) is 0 Å². The van der Waals surface area contributed by atoms with Crippen LogP contribution in [0, 0.1) is 5.92 Å². The Hall–Kier alpha value is -7.30. The Balaban J connectivity index is 1.91. The molecule has 2 fully saturated rings. The van der Waals surface area contributed by atoms with Crippen LogP contribution in [0.1, 0.15) is 77.3 Å². The molecule has 0 spiro atoms. The van der Waals surface area contributed by atoms with Gasteiger partial charge in [0.1, 0.15) is 60.4 Å². The molecule has 376 valence electrons. The lowest BCUT2D eigenvalue weighted by Crippen LogP contribution is -2.65. The van der Waals surface area contributed by atoms with E-state index in [2.05, 4.69) is 31.6 Å². The minimum Gasteiger partial charge on any atom is -0.508 e. The third-order valence-corrected chi connectivity index (χ3v) is 12.0. The minimum atomic E-state index is -1.89. The van der Waals surface area contributed by atoms with Crippen LogP contribution < -0.4 is 38.1 Å². The fraction of sp³-hybridized carbons (Fsp3) is 0.522. The van der Waals surface area contributed by atoms with E-state index in [1.54, 1.807) is 44.2 Å². The van der Waals surface area contributed by atoms with Gasteiger partial charge in [0.15, 0.2) is 5.96 Å². The van der Waals surface area contributed by atoms with Gasteiger partial charge in [0.2, 0.25) is 41.4 Å². The van der Waals surface area contributed by atoms with Crippen LogP contribution in [0.15, 0.2) is 59.6 Å². The number of carbonyl (C=O) groups excluding carboxylic acids is 8. The van der Waals surface area contributed by atoms with Crippen molar-refractivity contribution in [1.82, 2.24) is 36.4 Å². The molecule has 2 heterocycles. The highest BCUT2D eigenvalue weighted by atomic mass is 16.5. The third-order valence-electron chi connectivity index (χ3n) is 12.0. The van der Waals surface area contributed by atoms with Gasteiger partial charge in [0.25, 0.3) is 0 Å². The summed E-state index contributed by atoms with van der Waals surface area (Å²) in [7, 11) is 1.34. The van der Waals surface area contributed by atoms with Crippen molar-refractivity contribution in [3.8, 4) is 5.75 Å². The van der Waals surface area contributed by atoms with Crippen molar-refractivity contribution >= 4 is 59.2 Å². The second-order valence-corrected chi connectivity index (χ2v) is 17.3. The van der Waals surface area contributed by atoms with Gasteiger partial charge in [-0.05, 0) is 61.8 Å². The molecule has 2 saturated heterocycles. The number of guanidine groups is 1. The summed E-state index contributed by atoms with van der Waals surface area (Å²) >= 11 is 0. The Morgan fingerprint density at radius 1 is 0.884 bits per heavy atom.